The largest absolute Gasteiger partial charge is 0.411 e. The van der Waals surface area contributed by atoms with Crippen LogP contribution in [0.5, 0.6) is 0 Å². The molecule has 116 valence electrons. The minimum atomic E-state index is 0.708. The minimum absolute atomic E-state index is 0.708. The number of hydrogen-bond acceptors (Lipinski definition) is 3. The molecule has 5 rings (SSSR count). The van der Waals surface area contributed by atoms with E-state index >= 15 is 0 Å². The maximum Gasteiger partial charge on any atom is 0.141 e. The third kappa shape index (κ3) is 1.80. The fraction of sp³-hybridized carbons (Fsp3) is 0.100. The lowest BCUT2D eigenvalue weighted by Crippen LogP contribution is -2.15. The fourth-order valence-electron chi connectivity index (χ4n) is 3.64. The van der Waals surface area contributed by atoms with Crippen LogP contribution in [0.25, 0.3) is 33.2 Å². The molecule has 0 aliphatic carbocycles. The monoisotopic (exact) mass is 313 g/mol. The molecule has 0 bridgehead atoms. The fourth-order valence-corrected chi connectivity index (χ4v) is 3.64. The number of imidazole rings is 1. The quantitative estimate of drug-likeness (QED) is 0.417. The van der Waals surface area contributed by atoms with Crippen LogP contribution < -0.4 is 0 Å². The first kappa shape index (κ1) is 13.3. The second-order valence-corrected chi connectivity index (χ2v) is 6.12. The van der Waals surface area contributed by atoms with Crippen molar-refractivity contribution >= 4 is 27.5 Å². The smallest absolute Gasteiger partial charge is 0.141 e. The van der Waals surface area contributed by atoms with Gasteiger partial charge in [0.25, 0.3) is 0 Å². The zero-order valence-electron chi connectivity index (χ0n) is 13.0. The average molecular weight is 313 g/mol. The Labute approximate surface area is 138 Å². The molecule has 3 aromatic carbocycles. The number of benzene rings is 3. The summed E-state index contributed by atoms with van der Waals surface area (Å²) in [5.74, 6) is 0.972. The molecule has 1 aliphatic heterocycles. The number of rotatable bonds is 1. The SMILES string of the molecule is O/N=C1\CCn2c(-c3ccc4ccccc4c3)nc3cccc1c32. The average Bonchev–Trinajstić information content (AvgIpc) is 3.02. The van der Waals surface area contributed by atoms with Crippen molar-refractivity contribution in [3.8, 4) is 11.4 Å². The minimum Gasteiger partial charge on any atom is -0.411 e. The second kappa shape index (κ2) is 4.93. The van der Waals surface area contributed by atoms with Gasteiger partial charge in [0, 0.05) is 24.1 Å². The molecule has 4 heteroatoms. The molecule has 0 atom stereocenters. The molecule has 1 aliphatic rings. The van der Waals surface area contributed by atoms with Crippen molar-refractivity contribution in [2.75, 3.05) is 0 Å². The van der Waals surface area contributed by atoms with Crippen LogP contribution in [-0.4, -0.2) is 20.5 Å². The standard InChI is InChI=1S/C20H15N3O/c24-22-17-10-11-23-19-16(17)6-3-7-18(19)21-20(23)15-9-8-13-4-1-2-5-14(13)12-15/h1-9,12,24H,10-11H2/b22-17+. The van der Waals surface area contributed by atoms with Crippen LogP contribution in [0.4, 0.5) is 0 Å². The van der Waals surface area contributed by atoms with Crippen LogP contribution in [0, 0.1) is 0 Å². The van der Waals surface area contributed by atoms with Gasteiger partial charge in [-0.3, -0.25) is 0 Å². The van der Waals surface area contributed by atoms with Crippen molar-refractivity contribution in [2.45, 2.75) is 13.0 Å². The Bertz CT molecular complexity index is 1120. The maximum absolute atomic E-state index is 9.27. The Kier molecular flexibility index (Phi) is 2.73. The van der Waals surface area contributed by atoms with Gasteiger partial charge in [0.15, 0.2) is 0 Å². The summed E-state index contributed by atoms with van der Waals surface area (Å²) < 4.78 is 2.24. The van der Waals surface area contributed by atoms with Gasteiger partial charge in [-0.1, -0.05) is 53.7 Å². The van der Waals surface area contributed by atoms with Crippen LogP contribution in [0.15, 0.2) is 65.8 Å². The summed E-state index contributed by atoms with van der Waals surface area (Å²) in [5.41, 5.74) is 4.82. The van der Waals surface area contributed by atoms with Crippen LogP contribution >= 0.6 is 0 Å². The lowest BCUT2D eigenvalue weighted by Gasteiger charge is -2.17. The van der Waals surface area contributed by atoms with Crippen LogP contribution in [0.1, 0.15) is 12.0 Å². The lowest BCUT2D eigenvalue weighted by molar-refractivity contribution is 0.317. The summed E-state index contributed by atoms with van der Waals surface area (Å²) in [5, 5.41) is 15.2. The summed E-state index contributed by atoms with van der Waals surface area (Å²) in [7, 11) is 0. The molecule has 0 saturated carbocycles. The van der Waals surface area contributed by atoms with E-state index in [0.717, 1.165) is 40.2 Å². The molecule has 2 heterocycles. The Morgan fingerprint density at radius 2 is 1.83 bits per heavy atom. The number of oxime groups is 1. The zero-order valence-corrected chi connectivity index (χ0v) is 13.0. The van der Waals surface area contributed by atoms with Crippen LogP contribution in [0.2, 0.25) is 0 Å². The number of aryl methyl sites for hydroxylation is 1. The second-order valence-electron chi connectivity index (χ2n) is 6.12. The predicted molar refractivity (Wildman–Crippen MR) is 95.6 cm³/mol. The van der Waals surface area contributed by atoms with Crippen molar-refractivity contribution < 1.29 is 5.21 Å². The summed E-state index contributed by atoms with van der Waals surface area (Å²) in [6, 6.07) is 20.8. The van der Waals surface area contributed by atoms with Crippen molar-refractivity contribution in [1.82, 2.24) is 9.55 Å². The number of nitrogens with zero attached hydrogens (tertiary/aromatic N) is 3. The summed E-state index contributed by atoms with van der Waals surface area (Å²) >= 11 is 0. The molecule has 0 amide bonds. The van der Waals surface area contributed by atoms with Gasteiger partial charge < -0.3 is 9.77 Å². The summed E-state index contributed by atoms with van der Waals surface area (Å²) in [4.78, 5) is 4.86. The van der Waals surface area contributed by atoms with E-state index in [1.807, 2.05) is 18.2 Å². The molecule has 1 aromatic heterocycles. The highest BCUT2D eigenvalue weighted by Gasteiger charge is 2.22. The molecule has 4 aromatic rings. The van der Waals surface area contributed by atoms with E-state index in [4.69, 9.17) is 4.98 Å². The molecule has 0 fully saturated rings. The van der Waals surface area contributed by atoms with Crippen molar-refractivity contribution in [3.05, 3.63) is 66.2 Å². The van der Waals surface area contributed by atoms with Gasteiger partial charge in [0.05, 0.1) is 16.7 Å². The van der Waals surface area contributed by atoms with E-state index in [-0.39, 0.29) is 0 Å². The van der Waals surface area contributed by atoms with Gasteiger partial charge in [-0.15, -0.1) is 0 Å². The van der Waals surface area contributed by atoms with Crippen molar-refractivity contribution in [3.63, 3.8) is 0 Å². The molecular formula is C20H15N3O. The Morgan fingerprint density at radius 3 is 2.71 bits per heavy atom. The van der Waals surface area contributed by atoms with E-state index in [2.05, 4.69) is 52.2 Å². The molecule has 0 radical (unpaired) electrons. The normalized spacial score (nSPS) is 15.4. The first-order chi connectivity index (χ1) is 11.8. The molecule has 0 spiro atoms. The molecule has 0 unspecified atom stereocenters. The van der Waals surface area contributed by atoms with E-state index in [9.17, 15) is 5.21 Å². The third-order valence-corrected chi connectivity index (χ3v) is 4.78. The van der Waals surface area contributed by atoms with Gasteiger partial charge in [-0.05, 0) is 22.9 Å². The Hall–Kier alpha value is -3.14. The van der Waals surface area contributed by atoms with Crippen LogP contribution in [0.3, 0.4) is 0 Å². The summed E-state index contributed by atoms with van der Waals surface area (Å²) in [6.45, 7) is 0.773. The van der Waals surface area contributed by atoms with Crippen LogP contribution in [-0.2, 0) is 6.54 Å². The molecule has 24 heavy (non-hydrogen) atoms. The lowest BCUT2D eigenvalue weighted by atomic mass is 10.0. The Morgan fingerprint density at radius 1 is 0.958 bits per heavy atom. The first-order valence-corrected chi connectivity index (χ1v) is 8.05. The van der Waals surface area contributed by atoms with Gasteiger partial charge in [0.2, 0.25) is 0 Å². The van der Waals surface area contributed by atoms with E-state index in [1.165, 1.54) is 10.8 Å². The van der Waals surface area contributed by atoms with Crippen molar-refractivity contribution in [2.24, 2.45) is 5.16 Å². The van der Waals surface area contributed by atoms with Crippen molar-refractivity contribution in [1.29, 1.82) is 0 Å². The van der Waals surface area contributed by atoms with Gasteiger partial charge >= 0.3 is 0 Å². The topological polar surface area (TPSA) is 50.4 Å². The predicted octanol–water partition coefficient (Wildman–Crippen LogP) is 4.44. The highest BCUT2D eigenvalue weighted by Crippen LogP contribution is 2.32. The number of hydrogen-bond donors (Lipinski definition) is 1. The molecular weight excluding hydrogens is 298 g/mol. The molecule has 4 nitrogen and oxygen atoms in total. The van der Waals surface area contributed by atoms with E-state index in [1.54, 1.807) is 0 Å². The third-order valence-electron chi connectivity index (χ3n) is 4.78. The van der Waals surface area contributed by atoms with E-state index in [0.29, 0.717) is 6.42 Å². The van der Waals surface area contributed by atoms with Gasteiger partial charge in [0.1, 0.15) is 5.82 Å². The highest BCUT2D eigenvalue weighted by atomic mass is 16.4. The first-order valence-electron chi connectivity index (χ1n) is 8.05. The molecule has 0 saturated heterocycles. The highest BCUT2D eigenvalue weighted by molar-refractivity contribution is 6.11. The van der Waals surface area contributed by atoms with Gasteiger partial charge in [-0.25, -0.2) is 4.98 Å². The van der Waals surface area contributed by atoms with E-state index < -0.39 is 0 Å². The number of para-hydroxylation sites is 1. The van der Waals surface area contributed by atoms with Gasteiger partial charge in [-0.2, -0.15) is 0 Å². The number of aromatic nitrogens is 2. The number of fused-ring (bicyclic) bond motifs is 1. The summed E-state index contributed by atoms with van der Waals surface area (Å²) in [6.07, 6.45) is 0.708. The molecule has 1 N–H and O–H groups in total. The zero-order chi connectivity index (χ0) is 16.1. The Balaban J connectivity index is 1.80. The maximum atomic E-state index is 9.27.